The number of benzene rings is 1. The fraction of sp³-hybridized carbons (Fsp3) is 0.217. The number of hydrogen-bond acceptors (Lipinski definition) is 6. The van der Waals surface area contributed by atoms with Crippen LogP contribution in [0.25, 0.3) is 33.5 Å². The number of aryl methyl sites for hydroxylation is 1. The average Bonchev–Trinajstić information content (AvgIpc) is 3.22. The van der Waals surface area contributed by atoms with E-state index in [1.54, 1.807) is 36.3 Å². The zero-order valence-electron chi connectivity index (χ0n) is 17.7. The predicted octanol–water partition coefficient (Wildman–Crippen LogP) is 4.29. The molecule has 3 heterocycles. The number of nitrogens with zero attached hydrogens (tertiary/aromatic N) is 6. The monoisotopic (exact) mass is 458 g/mol. The van der Waals surface area contributed by atoms with Crippen molar-refractivity contribution in [3.8, 4) is 28.7 Å². The van der Waals surface area contributed by atoms with E-state index in [1.807, 2.05) is 24.3 Å². The summed E-state index contributed by atoms with van der Waals surface area (Å²) in [7, 11) is 1.80. The molecule has 10 heteroatoms. The number of carbonyl (C=O) groups is 1. The lowest BCUT2D eigenvalue weighted by Crippen LogP contribution is -2.42. The summed E-state index contributed by atoms with van der Waals surface area (Å²) in [5.74, 6) is 0.0762. The van der Waals surface area contributed by atoms with E-state index in [1.165, 1.54) is 0 Å². The van der Waals surface area contributed by atoms with Crippen LogP contribution in [0.15, 0.2) is 42.7 Å². The minimum atomic E-state index is -0.412. The van der Waals surface area contributed by atoms with Gasteiger partial charge in [-0.2, -0.15) is 10.4 Å². The second-order valence-corrected chi connectivity index (χ2v) is 8.27. The van der Waals surface area contributed by atoms with Crippen LogP contribution in [-0.2, 0) is 7.05 Å². The van der Waals surface area contributed by atoms with Gasteiger partial charge in [0, 0.05) is 36.4 Å². The van der Waals surface area contributed by atoms with Gasteiger partial charge in [-0.3, -0.25) is 15.0 Å². The van der Waals surface area contributed by atoms with Gasteiger partial charge in [0.15, 0.2) is 11.5 Å². The van der Waals surface area contributed by atoms with Crippen molar-refractivity contribution in [1.82, 2.24) is 30.0 Å². The van der Waals surface area contributed by atoms with E-state index in [-0.39, 0.29) is 17.6 Å². The molecular formula is C23H19ClN8O. The fourth-order valence-electron chi connectivity index (χ4n) is 3.69. The number of hydrogen-bond donors (Lipinski definition) is 2. The highest BCUT2D eigenvalue weighted by Gasteiger charge is 2.23. The van der Waals surface area contributed by atoms with Crippen molar-refractivity contribution in [2.24, 2.45) is 7.05 Å². The van der Waals surface area contributed by atoms with Gasteiger partial charge in [-0.15, -0.1) is 0 Å². The van der Waals surface area contributed by atoms with E-state index in [0.717, 1.165) is 24.6 Å². The normalized spacial score (nSPS) is 13.4. The molecule has 164 valence electrons. The number of nitriles is 1. The molecule has 0 radical (unpaired) electrons. The lowest BCUT2D eigenvalue weighted by molar-refractivity contribution is 0.240. The first kappa shape index (κ1) is 20.8. The first-order chi connectivity index (χ1) is 16.0. The summed E-state index contributed by atoms with van der Waals surface area (Å²) < 4.78 is 1.65. The molecule has 4 aromatic rings. The molecule has 9 nitrogen and oxygen atoms in total. The fourth-order valence-corrected chi connectivity index (χ4v) is 3.96. The molecule has 0 bridgehead atoms. The van der Waals surface area contributed by atoms with Crippen LogP contribution in [0.2, 0.25) is 5.02 Å². The number of anilines is 1. The minimum Gasteiger partial charge on any atom is -0.335 e. The van der Waals surface area contributed by atoms with Crippen LogP contribution in [0, 0.1) is 11.3 Å². The summed E-state index contributed by atoms with van der Waals surface area (Å²) in [6.45, 7) is 0. The van der Waals surface area contributed by atoms with Crippen LogP contribution < -0.4 is 10.6 Å². The Balaban J connectivity index is 1.64. The van der Waals surface area contributed by atoms with Crippen LogP contribution >= 0.6 is 11.6 Å². The minimum absolute atomic E-state index is 0.00385. The number of carbonyl (C=O) groups excluding carboxylic acids is 1. The van der Waals surface area contributed by atoms with E-state index in [0.29, 0.717) is 33.2 Å². The molecule has 0 aliphatic heterocycles. The van der Waals surface area contributed by atoms with Crippen molar-refractivity contribution in [2.45, 2.75) is 25.3 Å². The van der Waals surface area contributed by atoms with Gasteiger partial charge in [0.1, 0.15) is 23.2 Å². The van der Waals surface area contributed by atoms with E-state index in [4.69, 9.17) is 11.6 Å². The van der Waals surface area contributed by atoms with Crippen molar-refractivity contribution in [3.05, 3.63) is 53.4 Å². The average molecular weight is 459 g/mol. The zero-order chi connectivity index (χ0) is 22.9. The summed E-state index contributed by atoms with van der Waals surface area (Å²) in [6, 6.07) is 10.9. The molecule has 33 heavy (non-hydrogen) atoms. The van der Waals surface area contributed by atoms with Gasteiger partial charge in [-0.05, 0) is 43.5 Å². The number of halogens is 1. The Labute approximate surface area is 194 Å². The highest BCUT2D eigenvalue weighted by Crippen LogP contribution is 2.34. The Bertz CT molecular complexity index is 1420. The molecule has 0 atom stereocenters. The Kier molecular flexibility index (Phi) is 5.36. The van der Waals surface area contributed by atoms with Gasteiger partial charge >= 0.3 is 6.03 Å². The molecule has 1 saturated carbocycles. The molecule has 0 spiro atoms. The molecule has 0 unspecified atom stereocenters. The van der Waals surface area contributed by atoms with E-state index >= 15 is 0 Å². The third-order valence-corrected chi connectivity index (χ3v) is 5.85. The van der Waals surface area contributed by atoms with Gasteiger partial charge in [0.25, 0.3) is 0 Å². The number of aromatic nitrogens is 5. The topological polar surface area (TPSA) is 121 Å². The Morgan fingerprint density at radius 3 is 2.79 bits per heavy atom. The molecule has 2 N–H and O–H groups in total. The molecule has 2 amide bonds. The molecule has 0 saturated heterocycles. The molecule has 1 aromatic carbocycles. The van der Waals surface area contributed by atoms with Crippen molar-refractivity contribution in [2.75, 3.05) is 5.32 Å². The summed E-state index contributed by atoms with van der Waals surface area (Å²) in [5.41, 5.74) is 2.73. The number of rotatable bonds is 4. The van der Waals surface area contributed by atoms with E-state index in [9.17, 15) is 10.1 Å². The Hall–Kier alpha value is -4.03. The van der Waals surface area contributed by atoms with Gasteiger partial charge in [0.05, 0.1) is 10.5 Å². The Morgan fingerprint density at radius 2 is 2.09 bits per heavy atom. The lowest BCUT2D eigenvalue weighted by Gasteiger charge is -2.26. The number of amides is 2. The number of pyridine rings is 1. The van der Waals surface area contributed by atoms with Crippen LogP contribution in [0.5, 0.6) is 0 Å². The third-order valence-electron chi connectivity index (χ3n) is 5.56. The van der Waals surface area contributed by atoms with Crippen molar-refractivity contribution >= 4 is 34.4 Å². The van der Waals surface area contributed by atoms with Crippen molar-refractivity contribution in [3.63, 3.8) is 0 Å². The maximum Gasteiger partial charge on any atom is 0.320 e. The SMILES string of the molecule is Cn1ccc(-c2nc(NC(=O)NC3CCC3)c(C#N)nc2-c2cc(Cl)c3ncccc3c2)n1. The molecule has 1 aliphatic carbocycles. The Morgan fingerprint density at radius 1 is 1.24 bits per heavy atom. The first-order valence-electron chi connectivity index (χ1n) is 10.5. The summed E-state index contributed by atoms with van der Waals surface area (Å²) >= 11 is 6.50. The zero-order valence-corrected chi connectivity index (χ0v) is 18.5. The molecule has 5 rings (SSSR count). The van der Waals surface area contributed by atoms with Gasteiger partial charge in [0.2, 0.25) is 0 Å². The predicted molar refractivity (Wildman–Crippen MR) is 124 cm³/mol. The maximum absolute atomic E-state index is 12.4. The molecular weight excluding hydrogens is 440 g/mol. The highest BCUT2D eigenvalue weighted by atomic mass is 35.5. The molecule has 3 aromatic heterocycles. The van der Waals surface area contributed by atoms with Crippen LogP contribution in [0.1, 0.15) is 25.0 Å². The maximum atomic E-state index is 12.4. The van der Waals surface area contributed by atoms with Crippen molar-refractivity contribution in [1.29, 1.82) is 5.26 Å². The quantitative estimate of drug-likeness (QED) is 0.470. The number of fused-ring (bicyclic) bond motifs is 1. The smallest absolute Gasteiger partial charge is 0.320 e. The molecule has 1 fully saturated rings. The molecule has 1 aliphatic rings. The van der Waals surface area contributed by atoms with Crippen molar-refractivity contribution < 1.29 is 4.79 Å². The second kappa shape index (κ2) is 8.48. The summed E-state index contributed by atoms with van der Waals surface area (Å²) in [5, 5.41) is 21.1. The van der Waals surface area contributed by atoms with Crippen LogP contribution in [0.4, 0.5) is 10.6 Å². The third kappa shape index (κ3) is 4.08. The highest BCUT2D eigenvalue weighted by molar-refractivity contribution is 6.35. The van der Waals surface area contributed by atoms with Crippen LogP contribution in [0.3, 0.4) is 0 Å². The standard InChI is InChI=1S/C23H19ClN8O/c1-32-9-7-17(31-32)21-20(14-10-13-4-3-8-26-19(13)16(24)11-14)28-18(12-25)22(29-21)30-23(33)27-15-5-2-6-15/h3-4,7-11,15H,2,5-6H2,1H3,(H2,27,29,30,33). The van der Waals surface area contributed by atoms with Crippen LogP contribution in [-0.4, -0.2) is 36.8 Å². The first-order valence-corrected chi connectivity index (χ1v) is 10.8. The van der Waals surface area contributed by atoms with Gasteiger partial charge in [-0.25, -0.2) is 14.8 Å². The summed E-state index contributed by atoms with van der Waals surface area (Å²) in [6.07, 6.45) is 6.44. The van der Waals surface area contributed by atoms with Gasteiger partial charge < -0.3 is 5.32 Å². The van der Waals surface area contributed by atoms with E-state index < -0.39 is 6.03 Å². The lowest BCUT2D eigenvalue weighted by atomic mass is 9.93. The van der Waals surface area contributed by atoms with E-state index in [2.05, 4.69) is 30.7 Å². The number of nitrogens with one attached hydrogen (secondary N) is 2. The largest absolute Gasteiger partial charge is 0.335 e. The second-order valence-electron chi connectivity index (χ2n) is 7.86. The number of urea groups is 1. The van der Waals surface area contributed by atoms with Gasteiger partial charge in [-0.1, -0.05) is 17.7 Å². The summed E-state index contributed by atoms with van der Waals surface area (Å²) in [4.78, 5) is 25.9.